The van der Waals surface area contributed by atoms with Crippen LogP contribution in [-0.2, 0) is 0 Å². The second-order valence-corrected chi connectivity index (χ2v) is 7.92. The number of rotatable bonds is 10. The average Bonchev–Trinajstić information content (AvgIpc) is 2.70. The normalized spacial score (nSPS) is 18.3. The number of benzene rings is 1. The molecular weight excluding hydrogens is 369 g/mol. The summed E-state index contributed by atoms with van der Waals surface area (Å²) >= 11 is 0. The Kier molecular flexibility index (Phi) is 10.2. The van der Waals surface area contributed by atoms with E-state index in [0.29, 0.717) is 18.2 Å². The molecule has 0 aliphatic carbocycles. The zero-order valence-corrected chi connectivity index (χ0v) is 18.5. The molecule has 1 saturated heterocycles. The Balaban J connectivity index is 1.80. The van der Waals surface area contributed by atoms with Crippen LogP contribution in [0, 0.1) is 11.7 Å². The van der Waals surface area contributed by atoms with Gasteiger partial charge in [0.1, 0.15) is 17.7 Å². The van der Waals surface area contributed by atoms with E-state index in [9.17, 15) is 4.39 Å². The summed E-state index contributed by atoms with van der Waals surface area (Å²) in [6.07, 6.45) is 0.770. The number of ether oxygens (including phenoxy) is 1. The van der Waals surface area contributed by atoms with Gasteiger partial charge in [-0.15, -0.1) is 0 Å². The van der Waals surface area contributed by atoms with E-state index in [1.165, 1.54) is 12.1 Å². The van der Waals surface area contributed by atoms with Crippen LogP contribution < -0.4 is 15.4 Å². The molecule has 2 rings (SSSR count). The molecule has 1 aliphatic heterocycles. The Morgan fingerprint density at radius 3 is 2.62 bits per heavy atom. The molecular formula is C22H38FN5O. The molecule has 2 unspecified atom stereocenters. The second kappa shape index (κ2) is 12.6. The van der Waals surface area contributed by atoms with Crippen molar-refractivity contribution in [3.8, 4) is 5.75 Å². The van der Waals surface area contributed by atoms with Gasteiger partial charge >= 0.3 is 0 Å². The first-order valence-corrected chi connectivity index (χ1v) is 10.9. The summed E-state index contributed by atoms with van der Waals surface area (Å²) in [6.45, 7) is 14.2. The van der Waals surface area contributed by atoms with Crippen molar-refractivity contribution in [2.24, 2.45) is 10.9 Å². The molecule has 164 valence electrons. The van der Waals surface area contributed by atoms with E-state index in [-0.39, 0.29) is 11.9 Å². The summed E-state index contributed by atoms with van der Waals surface area (Å²) in [7, 11) is 2.18. The number of guanidine groups is 1. The fraction of sp³-hybridized carbons (Fsp3) is 0.682. The van der Waals surface area contributed by atoms with E-state index < -0.39 is 0 Å². The lowest BCUT2D eigenvalue weighted by Gasteiger charge is -2.33. The minimum absolute atomic E-state index is 0.0524. The zero-order chi connectivity index (χ0) is 21.1. The largest absolute Gasteiger partial charge is 0.489 e. The van der Waals surface area contributed by atoms with Gasteiger partial charge in [-0.25, -0.2) is 4.39 Å². The topological polar surface area (TPSA) is 52.1 Å². The highest BCUT2D eigenvalue weighted by molar-refractivity contribution is 5.79. The Morgan fingerprint density at radius 2 is 1.97 bits per heavy atom. The summed E-state index contributed by atoms with van der Waals surface area (Å²) < 4.78 is 19.3. The Bertz CT molecular complexity index is 619. The minimum atomic E-state index is -0.283. The van der Waals surface area contributed by atoms with Crippen LogP contribution in [0.3, 0.4) is 0 Å². The van der Waals surface area contributed by atoms with Crippen LogP contribution in [0.15, 0.2) is 29.3 Å². The van der Waals surface area contributed by atoms with Crippen molar-refractivity contribution < 1.29 is 9.13 Å². The standard InChI is InChI=1S/C22H38FN5O/c1-5-20(29-21-9-7-8-19(23)14-21)16-26-22(24-6-2)25-15-18(3)17-28-12-10-27(4)11-13-28/h7-9,14,18,20H,5-6,10-13,15-17H2,1-4H3,(H2,24,25,26). The third kappa shape index (κ3) is 9.00. The van der Waals surface area contributed by atoms with Crippen LogP contribution in [0.1, 0.15) is 27.2 Å². The third-order valence-electron chi connectivity index (χ3n) is 5.12. The molecule has 6 nitrogen and oxygen atoms in total. The number of halogens is 1. The number of nitrogens with zero attached hydrogens (tertiary/aromatic N) is 3. The molecule has 1 fully saturated rings. The van der Waals surface area contributed by atoms with Gasteiger partial charge in [-0.1, -0.05) is 19.9 Å². The predicted octanol–water partition coefficient (Wildman–Crippen LogP) is 2.42. The SMILES string of the molecule is CCNC(=NCC(C)CN1CCN(C)CC1)NCC(CC)Oc1cccc(F)c1. The number of hydrogen-bond donors (Lipinski definition) is 2. The highest BCUT2D eigenvalue weighted by Gasteiger charge is 2.16. The van der Waals surface area contributed by atoms with Gasteiger partial charge in [-0.3, -0.25) is 4.99 Å². The molecule has 0 radical (unpaired) electrons. The Morgan fingerprint density at radius 1 is 1.21 bits per heavy atom. The molecule has 2 atom stereocenters. The zero-order valence-electron chi connectivity index (χ0n) is 18.5. The smallest absolute Gasteiger partial charge is 0.191 e. The predicted molar refractivity (Wildman–Crippen MR) is 118 cm³/mol. The van der Waals surface area contributed by atoms with Crippen LogP contribution in [-0.4, -0.2) is 81.3 Å². The van der Waals surface area contributed by atoms with Crippen molar-refractivity contribution in [2.45, 2.75) is 33.3 Å². The van der Waals surface area contributed by atoms with Crippen LogP contribution in [0.25, 0.3) is 0 Å². The first kappa shape index (κ1) is 23.4. The molecule has 1 aliphatic rings. The lowest BCUT2D eigenvalue weighted by Crippen LogP contribution is -2.46. The molecule has 0 bridgehead atoms. The van der Waals surface area contributed by atoms with Gasteiger partial charge in [-0.05, 0) is 38.4 Å². The summed E-state index contributed by atoms with van der Waals surface area (Å²) in [5, 5.41) is 6.67. The molecule has 0 spiro atoms. The van der Waals surface area contributed by atoms with Crippen molar-refractivity contribution in [1.29, 1.82) is 0 Å². The van der Waals surface area contributed by atoms with Crippen molar-refractivity contribution in [2.75, 3.05) is 59.4 Å². The molecule has 7 heteroatoms. The first-order valence-electron chi connectivity index (χ1n) is 10.9. The number of likely N-dealkylation sites (N-methyl/N-ethyl adjacent to an activating group) is 1. The molecule has 0 amide bonds. The highest BCUT2D eigenvalue weighted by atomic mass is 19.1. The lowest BCUT2D eigenvalue weighted by molar-refractivity contribution is 0.140. The van der Waals surface area contributed by atoms with E-state index in [4.69, 9.17) is 9.73 Å². The van der Waals surface area contributed by atoms with Gasteiger partial charge in [0.25, 0.3) is 0 Å². The maximum atomic E-state index is 13.4. The van der Waals surface area contributed by atoms with Crippen molar-refractivity contribution in [3.63, 3.8) is 0 Å². The van der Waals surface area contributed by atoms with E-state index in [2.05, 4.69) is 48.3 Å². The van der Waals surface area contributed by atoms with E-state index in [1.54, 1.807) is 12.1 Å². The molecule has 2 N–H and O–H groups in total. The maximum absolute atomic E-state index is 13.4. The maximum Gasteiger partial charge on any atom is 0.191 e. The summed E-state index contributed by atoms with van der Waals surface area (Å²) in [5.74, 6) is 1.58. The van der Waals surface area contributed by atoms with Crippen LogP contribution in [0.2, 0.25) is 0 Å². The van der Waals surface area contributed by atoms with E-state index >= 15 is 0 Å². The van der Waals surface area contributed by atoms with Crippen molar-refractivity contribution in [1.82, 2.24) is 20.4 Å². The Hall–Kier alpha value is -1.86. The highest BCUT2D eigenvalue weighted by Crippen LogP contribution is 2.14. The number of nitrogens with one attached hydrogen (secondary N) is 2. The van der Waals surface area contributed by atoms with Gasteiger partial charge in [0, 0.05) is 51.9 Å². The van der Waals surface area contributed by atoms with Gasteiger partial charge in [0.05, 0.1) is 6.54 Å². The van der Waals surface area contributed by atoms with Gasteiger partial charge in [0.15, 0.2) is 5.96 Å². The quantitative estimate of drug-likeness (QED) is 0.461. The summed E-state index contributed by atoms with van der Waals surface area (Å²) in [4.78, 5) is 9.67. The summed E-state index contributed by atoms with van der Waals surface area (Å²) in [6, 6.07) is 6.29. The van der Waals surface area contributed by atoms with Crippen LogP contribution in [0.5, 0.6) is 5.75 Å². The number of hydrogen-bond acceptors (Lipinski definition) is 4. The van der Waals surface area contributed by atoms with Gasteiger partial charge in [-0.2, -0.15) is 0 Å². The number of aliphatic imine (C=N–C) groups is 1. The fourth-order valence-electron chi connectivity index (χ4n) is 3.33. The van der Waals surface area contributed by atoms with Crippen molar-refractivity contribution in [3.05, 3.63) is 30.1 Å². The monoisotopic (exact) mass is 407 g/mol. The van der Waals surface area contributed by atoms with E-state index in [1.807, 2.05) is 0 Å². The van der Waals surface area contributed by atoms with Gasteiger partial charge < -0.3 is 25.2 Å². The Labute approximate surface area is 175 Å². The lowest BCUT2D eigenvalue weighted by atomic mass is 10.1. The minimum Gasteiger partial charge on any atom is -0.489 e. The van der Waals surface area contributed by atoms with Crippen LogP contribution in [0.4, 0.5) is 4.39 Å². The molecule has 1 heterocycles. The molecule has 1 aromatic rings. The van der Waals surface area contributed by atoms with Gasteiger partial charge in [0.2, 0.25) is 0 Å². The molecule has 0 saturated carbocycles. The average molecular weight is 408 g/mol. The van der Waals surface area contributed by atoms with E-state index in [0.717, 1.165) is 58.2 Å². The second-order valence-electron chi connectivity index (χ2n) is 7.92. The third-order valence-corrected chi connectivity index (χ3v) is 5.12. The molecule has 1 aromatic carbocycles. The fourth-order valence-corrected chi connectivity index (χ4v) is 3.33. The first-order chi connectivity index (χ1) is 14.0. The molecule has 29 heavy (non-hydrogen) atoms. The summed E-state index contributed by atoms with van der Waals surface area (Å²) in [5.41, 5.74) is 0. The number of piperazine rings is 1. The van der Waals surface area contributed by atoms with Crippen LogP contribution >= 0.6 is 0 Å². The molecule has 0 aromatic heterocycles. The van der Waals surface area contributed by atoms with Crippen molar-refractivity contribution >= 4 is 5.96 Å².